The Balaban J connectivity index is 1.58. The van der Waals surface area contributed by atoms with Crippen LogP contribution in [-0.4, -0.2) is 48.1 Å². The number of alkyl halides is 3. The number of fused-ring (bicyclic) bond motifs is 1. The topological polar surface area (TPSA) is 73.5 Å². The van der Waals surface area contributed by atoms with Crippen LogP contribution in [0.25, 0.3) is 10.9 Å². The molecule has 1 amide bonds. The van der Waals surface area contributed by atoms with E-state index in [0.717, 1.165) is 44.5 Å². The number of amides is 1. The number of rotatable bonds is 11. The van der Waals surface area contributed by atoms with Crippen LogP contribution in [0.15, 0.2) is 90.0 Å². The van der Waals surface area contributed by atoms with E-state index in [1.54, 1.807) is 11.8 Å². The number of hydrogen-bond donors (Lipinski definition) is 1. The Bertz CT molecular complexity index is 1520. The molecule has 0 saturated heterocycles. The first-order valence-corrected chi connectivity index (χ1v) is 14.1. The van der Waals surface area contributed by atoms with Gasteiger partial charge in [-0.2, -0.15) is 17.5 Å². The van der Waals surface area contributed by atoms with Crippen molar-refractivity contribution in [2.45, 2.75) is 37.4 Å². The van der Waals surface area contributed by atoms with E-state index in [1.807, 2.05) is 60.8 Å². The summed E-state index contributed by atoms with van der Waals surface area (Å²) in [6, 6.07) is 20.8. The molecule has 0 unspecified atom stereocenters. The summed E-state index contributed by atoms with van der Waals surface area (Å²) in [6.45, 7) is 1.86. The fourth-order valence-corrected chi connectivity index (χ4v) is 5.98. The molecule has 10 heteroatoms. The molecule has 0 aliphatic rings. The molecule has 6 nitrogen and oxygen atoms in total. The summed E-state index contributed by atoms with van der Waals surface area (Å²) in [7, 11) is -4.35. The Morgan fingerprint density at radius 2 is 1.64 bits per heavy atom. The average Bonchev–Trinajstić information content (AvgIpc) is 3.34. The summed E-state index contributed by atoms with van der Waals surface area (Å²) >= 11 is 0. The molecule has 4 rings (SSSR count). The molecule has 0 spiro atoms. The van der Waals surface area contributed by atoms with E-state index < -0.39 is 39.1 Å². The van der Waals surface area contributed by atoms with Crippen molar-refractivity contribution < 1.29 is 26.4 Å². The van der Waals surface area contributed by atoms with Gasteiger partial charge in [0, 0.05) is 36.7 Å². The third-order valence-electron chi connectivity index (χ3n) is 6.48. The van der Waals surface area contributed by atoms with E-state index in [9.17, 15) is 26.4 Å². The van der Waals surface area contributed by atoms with Crippen LogP contribution in [0.1, 0.15) is 30.0 Å². The van der Waals surface area contributed by atoms with Gasteiger partial charge in [-0.1, -0.05) is 61.5 Å². The third-order valence-corrected chi connectivity index (χ3v) is 8.32. The maximum absolute atomic E-state index is 13.6. The summed E-state index contributed by atoms with van der Waals surface area (Å²) in [5, 5.41) is 1.05. The van der Waals surface area contributed by atoms with Crippen LogP contribution in [0.5, 0.6) is 0 Å². The molecule has 0 atom stereocenters. The van der Waals surface area contributed by atoms with E-state index >= 15 is 0 Å². The molecular weight excluding hydrogens is 527 g/mol. The standard InChI is InChI=1S/C29H30F3N3O3S/c1-2-16-35(39(37,38)25-12-8-11-24(18-25)29(30,31)32)21-28(36)34(20-22-9-4-3-5-10-22)17-15-23-19-33-27-14-7-6-13-26(23)27/h3-14,18-19,33H,2,15-17,20-21H2,1H3. The van der Waals surface area contributed by atoms with Crippen LogP contribution < -0.4 is 0 Å². The molecule has 0 radical (unpaired) electrons. The molecule has 0 saturated carbocycles. The number of nitrogens with zero attached hydrogens (tertiary/aromatic N) is 2. The number of nitrogens with one attached hydrogen (secondary N) is 1. The third kappa shape index (κ3) is 6.88. The monoisotopic (exact) mass is 557 g/mol. The maximum Gasteiger partial charge on any atom is 0.416 e. The molecule has 1 N–H and O–H groups in total. The average molecular weight is 558 g/mol. The van der Waals surface area contributed by atoms with E-state index in [-0.39, 0.29) is 13.1 Å². The van der Waals surface area contributed by atoms with Crippen LogP contribution in [0, 0.1) is 0 Å². The van der Waals surface area contributed by atoms with E-state index in [2.05, 4.69) is 4.98 Å². The van der Waals surface area contributed by atoms with Crippen LogP contribution >= 0.6 is 0 Å². The first-order valence-electron chi connectivity index (χ1n) is 12.6. The van der Waals surface area contributed by atoms with Crippen LogP contribution in [0.3, 0.4) is 0 Å². The molecule has 0 aliphatic carbocycles. The Morgan fingerprint density at radius 1 is 0.923 bits per heavy atom. The van der Waals surface area contributed by atoms with Gasteiger partial charge in [-0.25, -0.2) is 8.42 Å². The fourth-order valence-electron chi connectivity index (χ4n) is 4.46. The quantitative estimate of drug-likeness (QED) is 0.251. The van der Waals surface area contributed by atoms with E-state index in [0.29, 0.717) is 25.5 Å². The van der Waals surface area contributed by atoms with Gasteiger partial charge in [0.1, 0.15) is 0 Å². The zero-order chi connectivity index (χ0) is 28.0. The molecule has 0 aliphatic heterocycles. The minimum atomic E-state index is -4.69. The first kappa shape index (κ1) is 28.4. The van der Waals surface area contributed by atoms with Crippen molar-refractivity contribution >= 4 is 26.8 Å². The number of H-pyrrole nitrogens is 1. The number of halogens is 3. The van der Waals surface area contributed by atoms with Crippen molar-refractivity contribution in [3.05, 3.63) is 102 Å². The molecule has 1 aromatic heterocycles. The molecule has 0 fully saturated rings. The number of carbonyl (C=O) groups is 1. The number of para-hydroxylation sites is 1. The maximum atomic E-state index is 13.6. The molecular formula is C29H30F3N3O3S. The van der Waals surface area contributed by atoms with Gasteiger partial charge in [-0.05, 0) is 48.2 Å². The lowest BCUT2D eigenvalue weighted by atomic mass is 10.1. The molecule has 39 heavy (non-hydrogen) atoms. The van der Waals surface area contributed by atoms with Gasteiger partial charge in [0.05, 0.1) is 17.0 Å². The number of aromatic nitrogens is 1. The SMILES string of the molecule is CCCN(CC(=O)N(CCc1c[nH]c2ccccc12)Cc1ccccc1)S(=O)(=O)c1cccc(C(F)(F)F)c1. The second kappa shape index (κ2) is 12.0. The Morgan fingerprint density at radius 3 is 2.36 bits per heavy atom. The Kier molecular flexibility index (Phi) is 8.76. The zero-order valence-electron chi connectivity index (χ0n) is 21.5. The summed E-state index contributed by atoms with van der Waals surface area (Å²) in [5.41, 5.74) is 1.83. The van der Waals surface area contributed by atoms with E-state index in [4.69, 9.17) is 0 Å². The Hall–Kier alpha value is -3.63. The van der Waals surface area contributed by atoms with Crippen LogP contribution in [0.2, 0.25) is 0 Å². The fraction of sp³-hybridized carbons (Fsp3) is 0.276. The lowest BCUT2D eigenvalue weighted by Crippen LogP contribution is -2.43. The predicted molar refractivity (Wildman–Crippen MR) is 144 cm³/mol. The molecule has 3 aromatic carbocycles. The number of hydrogen-bond acceptors (Lipinski definition) is 3. The highest BCUT2D eigenvalue weighted by atomic mass is 32.2. The summed E-state index contributed by atoms with van der Waals surface area (Å²) in [6.07, 6.45) is -1.86. The van der Waals surface area contributed by atoms with Crippen LogP contribution in [0.4, 0.5) is 13.2 Å². The lowest BCUT2D eigenvalue weighted by Gasteiger charge is -2.27. The van der Waals surface area contributed by atoms with Gasteiger partial charge >= 0.3 is 6.18 Å². The predicted octanol–water partition coefficient (Wildman–Crippen LogP) is 5.86. The minimum absolute atomic E-state index is 0.00799. The van der Waals surface area contributed by atoms with E-state index in [1.165, 1.54) is 0 Å². The van der Waals surface area contributed by atoms with Gasteiger partial charge in [0.2, 0.25) is 15.9 Å². The van der Waals surface area contributed by atoms with Crippen molar-refractivity contribution in [1.29, 1.82) is 0 Å². The smallest absolute Gasteiger partial charge is 0.361 e. The summed E-state index contributed by atoms with van der Waals surface area (Å²) in [5.74, 6) is -0.428. The van der Waals surface area contributed by atoms with Gasteiger partial charge < -0.3 is 9.88 Å². The zero-order valence-corrected chi connectivity index (χ0v) is 22.3. The highest BCUT2D eigenvalue weighted by Crippen LogP contribution is 2.31. The lowest BCUT2D eigenvalue weighted by molar-refractivity contribution is -0.137. The van der Waals surface area contributed by atoms with Gasteiger partial charge in [-0.15, -0.1) is 0 Å². The second-order valence-corrected chi connectivity index (χ2v) is 11.2. The highest BCUT2D eigenvalue weighted by Gasteiger charge is 2.34. The highest BCUT2D eigenvalue weighted by molar-refractivity contribution is 7.89. The van der Waals surface area contributed by atoms with Crippen molar-refractivity contribution in [1.82, 2.24) is 14.2 Å². The van der Waals surface area contributed by atoms with Crippen LogP contribution in [-0.2, 0) is 34.0 Å². The number of sulfonamides is 1. The number of aromatic amines is 1. The van der Waals surface area contributed by atoms with Crippen molar-refractivity contribution in [2.24, 2.45) is 0 Å². The summed E-state index contributed by atoms with van der Waals surface area (Å²) < 4.78 is 67.5. The molecule has 206 valence electrons. The second-order valence-electron chi connectivity index (χ2n) is 9.27. The first-order chi connectivity index (χ1) is 18.6. The molecule has 1 heterocycles. The van der Waals surface area contributed by atoms with Crippen molar-refractivity contribution in [3.8, 4) is 0 Å². The molecule has 4 aromatic rings. The van der Waals surface area contributed by atoms with Crippen molar-refractivity contribution in [2.75, 3.05) is 19.6 Å². The normalized spacial score (nSPS) is 12.2. The van der Waals surface area contributed by atoms with Gasteiger partial charge in [-0.3, -0.25) is 4.79 Å². The number of benzene rings is 3. The largest absolute Gasteiger partial charge is 0.416 e. The number of carbonyl (C=O) groups excluding carboxylic acids is 1. The minimum Gasteiger partial charge on any atom is -0.361 e. The van der Waals surface area contributed by atoms with Gasteiger partial charge in [0.15, 0.2) is 0 Å². The molecule has 0 bridgehead atoms. The van der Waals surface area contributed by atoms with Crippen molar-refractivity contribution in [3.63, 3.8) is 0 Å². The van der Waals surface area contributed by atoms with Gasteiger partial charge in [0.25, 0.3) is 0 Å². The summed E-state index contributed by atoms with van der Waals surface area (Å²) in [4.78, 5) is 17.9. The Labute approximate surface area is 226 Å².